The summed E-state index contributed by atoms with van der Waals surface area (Å²) in [4.78, 5) is 28.9. The Kier molecular flexibility index (Phi) is 18.4. The number of aryl methyl sites for hydroxylation is 2. The molecule has 0 radical (unpaired) electrons. The number of furan rings is 1. The normalized spacial score (nSPS) is 13.6. The van der Waals surface area contributed by atoms with E-state index in [-0.39, 0.29) is 40.1 Å². The number of hydrogen-bond acceptors (Lipinski definition) is 11. The quantitative estimate of drug-likeness (QED) is 0.0435. The van der Waals surface area contributed by atoms with Gasteiger partial charge in [-0.25, -0.2) is 4.79 Å². The second-order valence-corrected chi connectivity index (χ2v) is 17.1. The zero-order chi connectivity index (χ0) is 49.1. The minimum atomic E-state index is -1.20. The van der Waals surface area contributed by atoms with Crippen molar-refractivity contribution >= 4 is 34.7 Å². The fraction of sp³-hybridized carbons (Fsp3) is 0.228. The fourth-order valence-electron chi connectivity index (χ4n) is 8.36. The van der Waals surface area contributed by atoms with Crippen molar-refractivity contribution in [3.8, 4) is 17.1 Å². The largest absolute Gasteiger partial charge is 0.505 e. The summed E-state index contributed by atoms with van der Waals surface area (Å²) in [5, 5.41) is 29.7. The molecule has 0 bridgehead atoms. The first-order valence-electron chi connectivity index (χ1n) is 23.7. The summed E-state index contributed by atoms with van der Waals surface area (Å²) in [6.45, 7) is 8.73. The van der Waals surface area contributed by atoms with Gasteiger partial charge in [-0.3, -0.25) is 20.0 Å². The Bertz CT molecular complexity index is 2650. The van der Waals surface area contributed by atoms with E-state index in [1.165, 1.54) is 56.9 Å². The van der Waals surface area contributed by atoms with Gasteiger partial charge in [-0.2, -0.15) is 15.2 Å². The van der Waals surface area contributed by atoms with E-state index in [4.69, 9.17) is 21.0 Å². The van der Waals surface area contributed by atoms with Crippen molar-refractivity contribution in [3.05, 3.63) is 209 Å². The number of hydrazone groups is 2. The van der Waals surface area contributed by atoms with E-state index in [1.807, 2.05) is 36.4 Å². The highest BCUT2D eigenvalue weighted by molar-refractivity contribution is 6.71. The lowest BCUT2D eigenvalue weighted by Crippen LogP contribution is -2.28. The molecule has 2 aliphatic rings. The maximum atomic E-state index is 13.1. The molecular weight excluding hydrogens is 877 g/mol. The monoisotopic (exact) mass is 938 g/mol. The molecule has 0 fully saturated rings. The van der Waals surface area contributed by atoms with E-state index in [0.717, 1.165) is 58.5 Å². The Labute approximate surface area is 410 Å². The molecule has 0 saturated heterocycles. The van der Waals surface area contributed by atoms with Crippen LogP contribution < -0.4 is 21.9 Å². The number of fused-ring (bicyclic) bond motifs is 1. The number of para-hydroxylation sites is 1. The number of carboxylic acid groups (broad SMARTS) is 1. The molecule has 2 heterocycles. The van der Waals surface area contributed by atoms with Gasteiger partial charge in [0, 0.05) is 52.4 Å². The number of hydrogen-bond donors (Lipinski definition) is 5. The van der Waals surface area contributed by atoms with Gasteiger partial charge in [0.1, 0.15) is 5.76 Å². The molecule has 0 unspecified atom stereocenters. The van der Waals surface area contributed by atoms with Gasteiger partial charge in [0.2, 0.25) is 5.76 Å². The summed E-state index contributed by atoms with van der Waals surface area (Å²) in [7, 11) is 0. The predicted octanol–water partition coefficient (Wildman–Crippen LogP) is 9.71. The number of carboxylic acids is 1. The number of nitrogens with zero attached hydrogens (tertiary/aromatic N) is 5. The van der Waals surface area contributed by atoms with Crippen LogP contribution in [0, 0.1) is 0 Å². The molecule has 360 valence electrons. The molecular formula is C57H62N8O5. The van der Waals surface area contributed by atoms with Gasteiger partial charge in [0.15, 0.2) is 11.5 Å². The van der Waals surface area contributed by atoms with Gasteiger partial charge in [-0.1, -0.05) is 133 Å². The number of phenolic OH excluding ortho intramolecular Hbond substituents is 1. The number of nitrogens with one attached hydrogen (secondary N) is 1. The van der Waals surface area contributed by atoms with Crippen molar-refractivity contribution in [2.75, 3.05) is 36.6 Å². The average Bonchev–Trinajstić information content (AvgIpc) is 3.99. The number of aromatic hydroxyl groups is 1. The van der Waals surface area contributed by atoms with Gasteiger partial charge < -0.3 is 26.1 Å². The number of nitrogens with two attached hydrogens (primary N) is 2. The standard InChI is InChI=1S/C25H22N4O5.2C16H20N2/c1-14-22(24(31)29(28-14)17-10-9-15-5-2-3-6-16(15)13-17)27-26-19-8-4-7-18(23(19)30)20-11-12-21(34-20)25(32)33;2*17-11-12-18(13-15-7-3-1-4-8-15)14-16-9-5-2-6-10-16/h4,7-13,26,30H,2-3,5-6H2,1H3,(H,32,33);2*1-10H,11-14,17H2. The summed E-state index contributed by atoms with van der Waals surface area (Å²) in [5.74, 6) is -1.80. The number of carbonyl (C=O) groups excluding carboxylic acids is 1. The molecule has 6 aromatic carbocycles. The minimum Gasteiger partial charge on any atom is -0.505 e. The van der Waals surface area contributed by atoms with Crippen LogP contribution in [0.4, 0.5) is 11.4 Å². The number of phenols is 1. The van der Waals surface area contributed by atoms with Crippen LogP contribution >= 0.6 is 0 Å². The van der Waals surface area contributed by atoms with Crippen LogP contribution in [-0.4, -0.2) is 69.5 Å². The maximum absolute atomic E-state index is 13.1. The SMILES string of the molecule is CC1=NN(c2ccc3c(c2)CCCC3)C(=O)C1=NNc1cccc(-c2ccc(C(=O)O)o2)c1O.NCCN(Cc1ccccc1)Cc1ccccc1.NCCN(Cc1ccccc1)Cc1ccccc1. The summed E-state index contributed by atoms with van der Waals surface area (Å²) in [6.07, 6.45) is 4.38. The average molecular weight is 939 g/mol. The third kappa shape index (κ3) is 14.2. The molecule has 7 N–H and O–H groups in total. The molecule has 70 heavy (non-hydrogen) atoms. The summed E-state index contributed by atoms with van der Waals surface area (Å²) >= 11 is 0. The summed E-state index contributed by atoms with van der Waals surface area (Å²) in [6, 6.07) is 55.7. The van der Waals surface area contributed by atoms with Crippen molar-refractivity contribution in [2.24, 2.45) is 21.7 Å². The Morgan fingerprint density at radius 3 is 1.64 bits per heavy atom. The van der Waals surface area contributed by atoms with Crippen LogP contribution in [0.3, 0.4) is 0 Å². The van der Waals surface area contributed by atoms with Crippen molar-refractivity contribution in [1.29, 1.82) is 0 Å². The molecule has 1 aliphatic heterocycles. The summed E-state index contributed by atoms with van der Waals surface area (Å²) in [5.41, 5.74) is 23.8. The first kappa shape index (κ1) is 50.2. The van der Waals surface area contributed by atoms with Crippen molar-refractivity contribution < 1.29 is 24.2 Å². The smallest absolute Gasteiger partial charge is 0.371 e. The summed E-state index contributed by atoms with van der Waals surface area (Å²) < 4.78 is 5.28. The molecule has 0 saturated carbocycles. The van der Waals surface area contributed by atoms with E-state index >= 15 is 0 Å². The highest BCUT2D eigenvalue weighted by Gasteiger charge is 2.31. The Morgan fingerprint density at radius 2 is 1.17 bits per heavy atom. The van der Waals surface area contributed by atoms with Gasteiger partial charge >= 0.3 is 11.9 Å². The van der Waals surface area contributed by atoms with Crippen LogP contribution in [0.25, 0.3) is 11.3 Å². The second-order valence-electron chi connectivity index (χ2n) is 17.1. The number of carbonyl (C=O) groups is 2. The Balaban J connectivity index is 0.000000170. The van der Waals surface area contributed by atoms with E-state index in [9.17, 15) is 14.7 Å². The molecule has 1 amide bonds. The van der Waals surface area contributed by atoms with Crippen LogP contribution in [0.5, 0.6) is 5.75 Å². The van der Waals surface area contributed by atoms with Crippen LogP contribution in [0.2, 0.25) is 0 Å². The van der Waals surface area contributed by atoms with E-state index in [0.29, 0.717) is 24.5 Å². The number of amides is 1. The Morgan fingerprint density at radius 1 is 0.671 bits per heavy atom. The van der Waals surface area contributed by atoms with Crippen molar-refractivity contribution in [2.45, 2.75) is 58.8 Å². The highest BCUT2D eigenvalue weighted by atomic mass is 16.4. The van der Waals surface area contributed by atoms with Gasteiger partial charge in [0.25, 0.3) is 0 Å². The molecule has 7 aromatic rings. The third-order valence-corrected chi connectivity index (χ3v) is 11.9. The zero-order valence-corrected chi connectivity index (χ0v) is 39.7. The predicted molar refractivity (Wildman–Crippen MR) is 280 cm³/mol. The van der Waals surface area contributed by atoms with Crippen molar-refractivity contribution in [1.82, 2.24) is 9.80 Å². The van der Waals surface area contributed by atoms with Crippen LogP contribution in [0.1, 0.15) is 63.7 Å². The topological polar surface area (TPSA) is 186 Å². The first-order valence-corrected chi connectivity index (χ1v) is 23.7. The fourth-order valence-corrected chi connectivity index (χ4v) is 8.36. The Hall–Kier alpha value is -7.68. The van der Waals surface area contributed by atoms with Gasteiger partial charge in [0.05, 0.1) is 22.6 Å². The lowest BCUT2D eigenvalue weighted by molar-refractivity contribution is -0.112. The van der Waals surface area contributed by atoms with Crippen molar-refractivity contribution in [3.63, 3.8) is 0 Å². The highest BCUT2D eigenvalue weighted by Crippen LogP contribution is 2.36. The first-order chi connectivity index (χ1) is 34.2. The molecule has 1 aliphatic carbocycles. The number of rotatable bonds is 17. The minimum absolute atomic E-state index is 0.133. The molecule has 1 aromatic heterocycles. The van der Waals surface area contributed by atoms with E-state index in [1.54, 1.807) is 25.1 Å². The lowest BCUT2D eigenvalue weighted by atomic mass is 9.91. The van der Waals surface area contributed by atoms with Gasteiger partial charge in [-0.05, 0) is 102 Å². The molecule has 0 atom stereocenters. The molecule has 13 nitrogen and oxygen atoms in total. The number of anilines is 2. The van der Waals surface area contributed by atoms with Gasteiger partial charge in [-0.15, -0.1) is 0 Å². The molecule has 9 rings (SSSR count). The second kappa shape index (κ2) is 25.6. The van der Waals surface area contributed by atoms with Crippen LogP contribution in [-0.2, 0) is 43.8 Å². The number of benzene rings is 6. The van der Waals surface area contributed by atoms with E-state index in [2.05, 4.69) is 129 Å². The zero-order valence-electron chi connectivity index (χ0n) is 39.7. The van der Waals surface area contributed by atoms with E-state index < -0.39 is 5.97 Å². The lowest BCUT2D eigenvalue weighted by Gasteiger charge is -2.21. The maximum Gasteiger partial charge on any atom is 0.371 e. The van der Waals surface area contributed by atoms with Crippen LogP contribution in [0.15, 0.2) is 184 Å². The third-order valence-electron chi connectivity index (χ3n) is 11.9. The number of aromatic carboxylic acids is 1. The molecule has 13 heteroatoms. The molecule has 0 spiro atoms.